The largest absolute Gasteiger partial charge is 0.478 e. The molecule has 1 aromatic carbocycles. The summed E-state index contributed by atoms with van der Waals surface area (Å²) in [6.07, 6.45) is 1.36. The summed E-state index contributed by atoms with van der Waals surface area (Å²) in [5, 5.41) is 11.5. The summed E-state index contributed by atoms with van der Waals surface area (Å²) in [5.74, 6) is -1.93. The van der Waals surface area contributed by atoms with Crippen molar-refractivity contribution in [2.24, 2.45) is 0 Å². The first-order valence-electron chi connectivity index (χ1n) is 5.89. The number of carboxylic acids is 1. The van der Waals surface area contributed by atoms with Crippen LogP contribution in [-0.4, -0.2) is 22.0 Å². The summed E-state index contributed by atoms with van der Waals surface area (Å²) in [6, 6.07) is 6.48. The second kappa shape index (κ2) is 6.45. The van der Waals surface area contributed by atoms with Crippen molar-refractivity contribution in [2.75, 3.05) is 0 Å². The number of nitrogens with one attached hydrogen (secondary N) is 1. The number of benzene rings is 1. The zero-order chi connectivity index (χ0) is 15.4. The first kappa shape index (κ1) is 15.1. The Kier molecular flexibility index (Phi) is 4.64. The average Bonchev–Trinajstić information content (AvgIpc) is 2.45. The van der Waals surface area contributed by atoms with Gasteiger partial charge in [0.1, 0.15) is 5.82 Å². The van der Waals surface area contributed by atoms with E-state index in [1.165, 1.54) is 36.5 Å². The van der Waals surface area contributed by atoms with E-state index in [1.54, 1.807) is 0 Å². The number of nitrogens with zero attached hydrogens (tertiary/aromatic N) is 1. The van der Waals surface area contributed by atoms with E-state index in [9.17, 15) is 14.0 Å². The normalized spacial score (nSPS) is 10.2. The molecule has 0 fully saturated rings. The highest BCUT2D eigenvalue weighted by Crippen LogP contribution is 2.18. The van der Waals surface area contributed by atoms with Crippen LogP contribution in [0.1, 0.15) is 26.4 Å². The van der Waals surface area contributed by atoms with E-state index < -0.39 is 17.7 Å². The molecule has 1 aromatic heterocycles. The van der Waals surface area contributed by atoms with Crippen LogP contribution in [0.5, 0.6) is 0 Å². The minimum Gasteiger partial charge on any atom is -0.478 e. The van der Waals surface area contributed by atoms with Crippen molar-refractivity contribution in [1.29, 1.82) is 0 Å². The van der Waals surface area contributed by atoms with E-state index in [4.69, 9.17) is 5.11 Å². The number of halogens is 2. The summed E-state index contributed by atoms with van der Waals surface area (Å²) in [6.45, 7) is 0.0732. The van der Waals surface area contributed by atoms with Crippen molar-refractivity contribution in [1.82, 2.24) is 10.3 Å². The third-order valence-corrected chi connectivity index (χ3v) is 3.33. The van der Waals surface area contributed by atoms with E-state index >= 15 is 0 Å². The van der Waals surface area contributed by atoms with Crippen molar-refractivity contribution in [3.63, 3.8) is 0 Å². The summed E-state index contributed by atoms with van der Waals surface area (Å²) >= 11 is 3.11. The van der Waals surface area contributed by atoms with E-state index in [1.807, 2.05) is 0 Å². The first-order chi connectivity index (χ1) is 9.97. The molecule has 0 aliphatic carbocycles. The molecule has 21 heavy (non-hydrogen) atoms. The maximum Gasteiger partial charge on any atom is 0.335 e. The zero-order valence-electron chi connectivity index (χ0n) is 10.6. The molecule has 0 atom stereocenters. The van der Waals surface area contributed by atoms with Gasteiger partial charge in [0.15, 0.2) is 0 Å². The van der Waals surface area contributed by atoms with Crippen LogP contribution in [0.4, 0.5) is 4.39 Å². The van der Waals surface area contributed by atoms with Crippen LogP contribution in [0.25, 0.3) is 0 Å². The molecular weight excluding hydrogens is 343 g/mol. The molecule has 0 aliphatic heterocycles. The lowest BCUT2D eigenvalue weighted by atomic mass is 10.2. The van der Waals surface area contributed by atoms with Gasteiger partial charge in [0, 0.05) is 10.7 Å². The molecule has 0 unspecified atom stereocenters. The van der Waals surface area contributed by atoms with Gasteiger partial charge in [-0.3, -0.25) is 9.78 Å². The van der Waals surface area contributed by atoms with Gasteiger partial charge >= 0.3 is 5.97 Å². The Bertz CT molecular complexity index is 706. The highest BCUT2D eigenvalue weighted by Gasteiger charge is 2.11. The fraction of sp³-hybridized carbons (Fsp3) is 0.0714. The lowest BCUT2D eigenvalue weighted by Gasteiger charge is -2.07. The van der Waals surface area contributed by atoms with Gasteiger partial charge in [-0.05, 0) is 46.3 Å². The minimum atomic E-state index is -1.06. The number of aromatic nitrogens is 1. The molecule has 0 bridgehead atoms. The fourth-order valence-electron chi connectivity index (χ4n) is 1.65. The average molecular weight is 353 g/mol. The standard InChI is InChI=1S/C14H10BrFN2O3/c15-12-6-9(16)1-2-11(12)13(19)18-7-10-5-8(14(20)21)3-4-17-10/h1-6H,7H2,(H,18,19)(H,20,21). The Labute approximate surface area is 128 Å². The van der Waals surface area contributed by atoms with Crippen molar-refractivity contribution < 1.29 is 19.1 Å². The van der Waals surface area contributed by atoms with E-state index in [-0.39, 0.29) is 17.7 Å². The van der Waals surface area contributed by atoms with E-state index in [2.05, 4.69) is 26.2 Å². The third kappa shape index (κ3) is 3.85. The number of carboxylic acid groups (broad SMARTS) is 1. The third-order valence-electron chi connectivity index (χ3n) is 2.67. The van der Waals surface area contributed by atoms with Crippen LogP contribution < -0.4 is 5.32 Å². The van der Waals surface area contributed by atoms with Crippen LogP contribution in [0.15, 0.2) is 41.0 Å². The van der Waals surface area contributed by atoms with E-state index in [0.717, 1.165) is 0 Å². The molecule has 1 amide bonds. The lowest BCUT2D eigenvalue weighted by molar-refractivity contribution is 0.0696. The number of carbonyl (C=O) groups is 2. The number of carbonyl (C=O) groups excluding carboxylic acids is 1. The van der Waals surface area contributed by atoms with Gasteiger partial charge in [0.25, 0.3) is 5.91 Å². The van der Waals surface area contributed by atoms with Crippen LogP contribution in [0.3, 0.4) is 0 Å². The molecule has 2 aromatic rings. The molecule has 2 rings (SSSR count). The van der Waals surface area contributed by atoms with Crippen LogP contribution in [0.2, 0.25) is 0 Å². The molecule has 108 valence electrons. The predicted molar refractivity (Wildman–Crippen MR) is 76.5 cm³/mol. The van der Waals surface area contributed by atoms with Gasteiger partial charge in [-0.25, -0.2) is 9.18 Å². The maximum absolute atomic E-state index is 13.0. The summed E-state index contributed by atoms with van der Waals surface area (Å²) in [7, 11) is 0. The molecule has 0 saturated carbocycles. The molecule has 5 nitrogen and oxygen atoms in total. The molecule has 0 radical (unpaired) electrons. The minimum absolute atomic E-state index is 0.0732. The van der Waals surface area contributed by atoms with Crippen LogP contribution >= 0.6 is 15.9 Å². The monoisotopic (exact) mass is 352 g/mol. The van der Waals surface area contributed by atoms with Gasteiger partial charge in [-0.1, -0.05) is 0 Å². The molecule has 1 heterocycles. The Morgan fingerprint density at radius 2 is 2.05 bits per heavy atom. The number of hydrogen-bond acceptors (Lipinski definition) is 3. The predicted octanol–water partition coefficient (Wildman–Crippen LogP) is 2.61. The first-order valence-corrected chi connectivity index (χ1v) is 6.68. The topological polar surface area (TPSA) is 79.3 Å². The summed E-state index contributed by atoms with van der Waals surface area (Å²) in [5.41, 5.74) is 0.796. The molecule has 0 aliphatic rings. The van der Waals surface area contributed by atoms with Gasteiger partial charge in [-0.2, -0.15) is 0 Å². The Hall–Kier alpha value is -2.28. The van der Waals surface area contributed by atoms with E-state index in [0.29, 0.717) is 10.2 Å². The van der Waals surface area contributed by atoms with Crippen LogP contribution in [0, 0.1) is 5.82 Å². The second-order valence-electron chi connectivity index (χ2n) is 4.15. The SMILES string of the molecule is O=C(O)c1ccnc(CNC(=O)c2ccc(F)cc2Br)c1. The highest BCUT2D eigenvalue weighted by molar-refractivity contribution is 9.10. The number of hydrogen-bond donors (Lipinski definition) is 2. The van der Waals surface area contributed by atoms with Gasteiger partial charge in [0.05, 0.1) is 23.4 Å². The highest BCUT2D eigenvalue weighted by atomic mass is 79.9. The molecule has 0 saturated heterocycles. The number of pyridine rings is 1. The fourth-order valence-corrected chi connectivity index (χ4v) is 2.18. The quantitative estimate of drug-likeness (QED) is 0.886. The van der Waals surface area contributed by atoms with Crippen molar-refractivity contribution in [3.8, 4) is 0 Å². The van der Waals surface area contributed by atoms with Crippen molar-refractivity contribution in [3.05, 3.63) is 63.6 Å². The van der Waals surface area contributed by atoms with Gasteiger partial charge < -0.3 is 10.4 Å². The molecule has 2 N–H and O–H groups in total. The number of amides is 1. The molecular formula is C14H10BrFN2O3. The zero-order valence-corrected chi connectivity index (χ0v) is 12.2. The van der Waals surface area contributed by atoms with Gasteiger partial charge in [-0.15, -0.1) is 0 Å². The Morgan fingerprint density at radius 1 is 1.29 bits per heavy atom. The number of aromatic carboxylic acids is 1. The number of rotatable bonds is 4. The van der Waals surface area contributed by atoms with Crippen molar-refractivity contribution >= 4 is 27.8 Å². The molecule has 7 heteroatoms. The Morgan fingerprint density at radius 3 is 2.71 bits per heavy atom. The summed E-state index contributed by atoms with van der Waals surface area (Å²) < 4.78 is 13.3. The van der Waals surface area contributed by atoms with Gasteiger partial charge in [0.2, 0.25) is 0 Å². The maximum atomic E-state index is 13.0. The smallest absolute Gasteiger partial charge is 0.335 e. The molecule has 0 spiro atoms. The van der Waals surface area contributed by atoms with Crippen LogP contribution in [-0.2, 0) is 6.54 Å². The van der Waals surface area contributed by atoms with Crippen molar-refractivity contribution in [2.45, 2.75) is 6.54 Å². The lowest BCUT2D eigenvalue weighted by Crippen LogP contribution is -2.23. The second-order valence-corrected chi connectivity index (χ2v) is 5.00. The Balaban J connectivity index is 2.07. The summed E-state index contributed by atoms with van der Waals surface area (Å²) in [4.78, 5) is 26.8.